The highest BCUT2D eigenvalue weighted by molar-refractivity contribution is 5.93. The maximum Gasteiger partial charge on any atom is 0.341 e. The van der Waals surface area contributed by atoms with Crippen LogP contribution in [0.15, 0.2) is 35.8 Å². The van der Waals surface area contributed by atoms with Crippen molar-refractivity contribution < 1.29 is 53.4 Å². The lowest BCUT2D eigenvalue weighted by Gasteiger charge is -2.17. The van der Waals surface area contributed by atoms with Crippen molar-refractivity contribution in [3.05, 3.63) is 35.8 Å². The highest BCUT2D eigenvalue weighted by atomic mass is 16.7. The lowest BCUT2D eigenvalue weighted by Crippen LogP contribution is -2.25. The Bertz CT molecular complexity index is 636. The van der Waals surface area contributed by atoms with Gasteiger partial charge in [0, 0.05) is 17.6 Å². The maximum absolute atomic E-state index is 12.4. The highest BCUT2D eigenvalue weighted by Crippen LogP contribution is 2.19. The third kappa shape index (κ3) is 12.7. The normalized spacial score (nSPS) is 11.3. The molecule has 0 amide bonds. The van der Waals surface area contributed by atoms with E-state index in [-0.39, 0.29) is 50.8 Å². The molecule has 0 saturated heterocycles. The number of hydrogen-bond acceptors (Lipinski definition) is 11. The van der Waals surface area contributed by atoms with E-state index in [9.17, 15) is 19.5 Å². The van der Waals surface area contributed by atoms with Gasteiger partial charge in [0.25, 0.3) is 0 Å². The molecular formula is C20H30O11. The molecule has 0 aromatic heterocycles. The van der Waals surface area contributed by atoms with Crippen LogP contribution in [-0.2, 0) is 38.1 Å². The van der Waals surface area contributed by atoms with E-state index in [2.05, 4.69) is 13.2 Å². The van der Waals surface area contributed by atoms with Crippen LogP contribution in [0.3, 0.4) is 0 Å². The standard InChI is InChI=1S/C20H30O11/c1-13(2)17(24)30-20(31-18(25)14(3)4)16(19(26)29-8-6-22)11-15(23)12-28-10-9-27-7-5-21/h15,21-23H,1,3,5-12H2,2,4H3. The molecule has 11 heteroatoms. The summed E-state index contributed by atoms with van der Waals surface area (Å²) < 4.78 is 25.0. The van der Waals surface area contributed by atoms with Crippen molar-refractivity contribution in [1.29, 1.82) is 0 Å². The molecule has 0 heterocycles. The van der Waals surface area contributed by atoms with Crippen LogP contribution in [0.4, 0.5) is 0 Å². The third-order valence-electron chi connectivity index (χ3n) is 3.24. The zero-order valence-electron chi connectivity index (χ0n) is 17.8. The highest BCUT2D eigenvalue weighted by Gasteiger charge is 2.27. The van der Waals surface area contributed by atoms with Crippen LogP contribution in [0.25, 0.3) is 0 Å². The molecule has 0 rings (SSSR count). The van der Waals surface area contributed by atoms with E-state index < -0.39 is 48.6 Å². The second-order valence-corrected chi connectivity index (χ2v) is 6.23. The van der Waals surface area contributed by atoms with Gasteiger partial charge in [0.2, 0.25) is 0 Å². The van der Waals surface area contributed by atoms with E-state index in [1.54, 1.807) is 0 Å². The van der Waals surface area contributed by atoms with Crippen molar-refractivity contribution in [2.45, 2.75) is 26.4 Å². The largest absolute Gasteiger partial charge is 0.460 e. The van der Waals surface area contributed by atoms with E-state index >= 15 is 0 Å². The minimum Gasteiger partial charge on any atom is -0.460 e. The summed E-state index contributed by atoms with van der Waals surface area (Å²) >= 11 is 0. The Hall–Kier alpha value is -2.57. The Kier molecular flexibility index (Phi) is 14.8. The van der Waals surface area contributed by atoms with Crippen LogP contribution in [0.1, 0.15) is 20.3 Å². The fourth-order valence-corrected chi connectivity index (χ4v) is 1.76. The molecule has 0 aliphatic rings. The number of carbonyl (C=O) groups is 3. The average Bonchev–Trinajstić information content (AvgIpc) is 2.71. The van der Waals surface area contributed by atoms with Crippen molar-refractivity contribution >= 4 is 17.9 Å². The number of rotatable bonds is 16. The molecule has 0 spiro atoms. The molecule has 0 saturated carbocycles. The van der Waals surface area contributed by atoms with E-state index in [1.807, 2.05) is 0 Å². The summed E-state index contributed by atoms with van der Waals surface area (Å²) in [5.41, 5.74) is -0.553. The van der Waals surface area contributed by atoms with Gasteiger partial charge in [-0.1, -0.05) is 13.2 Å². The maximum atomic E-state index is 12.4. The lowest BCUT2D eigenvalue weighted by atomic mass is 10.1. The van der Waals surface area contributed by atoms with Gasteiger partial charge in [-0.2, -0.15) is 0 Å². The van der Waals surface area contributed by atoms with Crippen LogP contribution in [0.5, 0.6) is 0 Å². The van der Waals surface area contributed by atoms with Gasteiger partial charge >= 0.3 is 23.9 Å². The summed E-state index contributed by atoms with van der Waals surface area (Å²) in [4.78, 5) is 36.3. The first-order valence-corrected chi connectivity index (χ1v) is 9.34. The van der Waals surface area contributed by atoms with Gasteiger partial charge in [0.05, 0.1) is 45.7 Å². The van der Waals surface area contributed by atoms with Crippen molar-refractivity contribution in [2.75, 3.05) is 46.2 Å². The SMILES string of the molecule is C=C(C)C(=O)OC(OC(=O)C(=C)C)=C(CC(O)COCCOCCO)C(=O)OCCO. The van der Waals surface area contributed by atoms with E-state index in [0.29, 0.717) is 0 Å². The first-order valence-electron chi connectivity index (χ1n) is 9.34. The zero-order valence-corrected chi connectivity index (χ0v) is 17.8. The van der Waals surface area contributed by atoms with E-state index in [4.69, 9.17) is 33.9 Å². The molecule has 0 fully saturated rings. The lowest BCUT2D eigenvalue weighted by molar-refractivity contribution is -0.150. The van der Waals surface area contributed by atoms with Crippen LogP contribution < -0.4 is 0 Å². The molecule has 3 N–H and O–H groups in total. The van der Waals surface area contributed by atoms with Crippen molar-refractivity contribution in [3.63, 3.8) is 0 Å². The van der Waals surface area contributed by atoms with Gasteiger partial charge in [-0.05, 0) is 13.8 Å². The Balaban J connectivity index is 5.56. The van der Waals surface area contributed by atoms with Crippen molar-refractivity contribution in [2.24, 2.45) is 0 Å². The predicted octanol–water partition coefficient (Wildman–Crippen LogP) is -0.251. The molecule has 0 aromatic rings. The summed E-state index contributed by atoms with van der Waals surface area (Å²) in [5.74, 6) is -3.85. The van der Waals surface area contributed by atoms with Crippen LogP contribution in [0.2, 0.25) is 0 Å². The van der Waals surface area contributed by atoms with Gasteiger partial charge < -0.3 is 39.0 Å². The monoisotopic (exact) mass is 446 g/mol. The number of esters is 3. The van der Waals surface area contributed by atoms with Crippen LogP contribution in [0, 0.1) is 0 Å². The predicted molar refractivity (Wildman–Crippen MR) is 106 cm³/mol. The minimum atomic E-state index is -1.28. The summed E-state index contributed by atoms with van der Waals surface area (Å²) in [6, 6.07) is 0. The summed E-state index contributed by atoms with van der Waals surface area (Å²) in [7, 11) is 0. The van der Waals surface area contributed by atoms with Gasteiger partial charge in [-0.25, -0.2) is 14.4 Å². The number of aliphatic hydroxyl groups is 3. The van der Waals surface area contributed by atoms with Gasteiger partial charge in [-0.3, -0.25) is 0 Å². The van der Waals surface area contributed by atoms with Crippen molar-refractivity contribution in [1.82, 2.24) is 0 Å². The molecule has 0 radical (unpaired) electrons. The fraction of sp³-hybridized carbons (Fsp3) is 0.550. The van der Waals surface area contributed by atoms with E-state index in [1.165, 1.54) is 13.8 Å². The molecule has 176 valence electrons. The van der Waals surface area contributed by atoms with Crippen molar-refractivity contribution in [3.8, 4) is 0 Å². The third-order valence-corrected chi connectivity index (χ3v) is 3.24. The molecular weight excluding hydrogens is 416 g/mol. The number of ether oxygens (including phenoxy) is 5. The first kappa shape index (κ1) is 28.4. The molecule has 0 bridgehead atoms. The summed E-state index contributed by atoms with van der Waals surface area (Å²) in [5, 5.41) is 27.7. The average molecular weight is 446 g/mol. The van der Waals surface area contributed by atoms with Gasteiger partial charge in [0.15, 0.2) is 0 Å². The van der Waals surface area contributed by atoms with Gasteiger partial charge in [-0.15, -0.1) is 0 Å². The molecule has 31 heavy (non-hydrogen) atoms. The second kappa shape index (κ2) is 16.2. The second-order valence-electron chi connectivity index (χ2n) is 6.23. The Morgan fingerprint density at radius 2 is 1.32 bits per heavy atom. The Morgan fingerprint density at radius 3 is 1.81 bits per heavy atom. The molecule has 0 aliphatic carbocycles. The molecule has 1 unspecified atom stereocenters. The molecule has 11 nitrogen and oxygen atoms in total. The summed E-state index contributed by atoms with van der Waals surface area (Å²) in [6.07, 6.45) is -1.75. The quantitative estimate of drug-likeness (QED) is 0.124. The molecule has 1 atom stereocenters. The molecule has 0 aromatic carbocycles. The first-order chi connectivity index (χ1) is 14.6. The molecule has 0 aliphatic heterocycles. The summed E-state index contributed by atoms with van der Waals surface area (Å²) in [6.45, 7) is 8.67. The van der Waals surface area contributed by atoms with Crippen LogP contribution in [-0.4, -0.2) is 85.6 Å². The number of aliphatic hydroxyl groups excluding tert-OH is 3. The number of hydrogen-bond donors (Lipinski definition) is 3. The minimum absolute atomic E-state index is 0.0429. The van der Waals surface area contributed by atoms with Gasteiger partial charge in [0.1, 0.15) is 12.2 Å². The topological polar surface area (TPSA) is 158 Å². The zero-order chi connectivity index (χ0) is 23.8. The van der Waals surface area contributed by atoms with E-state index in [0.717, 1.165) is 0 Å². The van der Waals surface area contributed by atoms with Crippen LogP contribution >= 0.6 is 0 Å². The fourth-order valence-electron chi connectivity index (χ4n) is 1.76. The smallest absolute Gasteiger partial charge is 0.341 e. The Labute approximate surface area is 180 Å². The Morgan fingerprint density at radius 1 is 0.806 bits per heavy atom. The number of carbonyl (C=O) groups excluding carboxylic acids is 3.